The summed E-state index contributed by atoms with van der Waals surface area (Å²) in [6.07, 6.45) is 8.33. The molecule has 4 aromatic rings. The first-order valence-electron chi connectivity index (χ1n) is 13.9. The summed E-state index contributed by atoms with van der Waals surface area (Å²) < 4.78 is 8.61. The number of carboxylic acid groups (broad SMARTS) is 1. The van der Waals surface area contributed by atoms with Crippen LogP contribution in [0, 0.1) is 0 Å². The van der Waals surface area contributed by atoms with Crippen LogP contribution < -0.4 is 4.74 Å². The fourth-order valence-electron chi connectivity index (χ4n) is 6.15. The second kappa shape index (κ2) is 12.2. The van der Waals surface area contributed by atoms with Crippen molar-refractivity contribution in [1.29, 1.82) is 0 Å². The summed E-state index contributed by atoms with van der Waals surface area (Å²) in [5, 5.41) is 9.48. The summed E-state index contributed by atoms with van der Waals surface area (Å²) in [6, 6.07) is 25.0. The fourth-order valence-corrected chi connectivity index (χ4v) is 6.15. The van der Waals surface area contributed by atoms with Gasteiger partial charge in [0.05, 0.1) is 16.6 Å². The van der Waals surface area contributed by atoms with Crippen LogP contribution in [0.25, 0.3) is 22.4 Å². The minimum atomic E-state index is -0.924. The van der Waals surface area contributed by atoms with Crippen LogP contribution in [0.5, 0.6) is 5.75 Å². The highest BCUT2D eigenvalue weighted by Crippen LogP contribution is 2.36. The fraction of sp³-hybridized carbons (Fsp3) is 0.375. The number of hydrogen-bond donors (Lipinski definition) is 1. The van der Waals surface area contributed by atoms with E-state index in [0.29, 0.717) is 18.7 Å². The van der Waals surface area contributed by atoms with Gasteiger partial charge in [0.15, 0.2) is 0 Å². The van der Waals surface area contributed by atoms with E-state index in [1.54, 1.807) is 12.1 Å². The van der Waals surface area contributed by atoms with Crippen LogP contribution >= 0.6 is 12.4 Å². The molecule has 1 aliphatic heterocycles. The van der Waals surface area contributed by atoms with Gasteiger partial charge in [-0.1, -0.05) is 49.6 Å². The monoisotopic (exact) mass is 545 g/mol. The van der Waals surface area contributed by atoms with E-state index >= 15 is 0 Å². The first kappa shape index (κ1) is 27.2. The van der Waals surface area contributed by atoms with Gasteiger partial charge in [-0.2, -0.15) is 0 Å². The molecule has 2 aliphatic rings. The number of carboxylic acids is 1. The van der Waals surface area contributed by atoms with Crippen molar-refractivity contribution in [3.8, 4) is 17.1 Å². The maximum atomic E-state index is 11.6. The minimum Gasteiger partial charge on any atom is -0.492 e. The van der Waals surface area contributed by atoms with Crippen LogP contribution in [0.4, 0.5) is 0 Å². The van der Waals surface area contributed by atoms with Gasteiger partial charge in [0, 0.05) is 24.2 Å². The molecule has 0 radical (unpaired) electrons. The summed E-state index contributed by atoms with van der Waals surface area (Å²) in [4.78, 5) is 19.0. The highest BCUT2D eigenvalue weighted by molar-refractivity contribution is 5.93. The summed E-state index contributed by atoms with van der Waals surface area (Å²) >= 11 is 0. The van der Waals surface area contributed by atoms with Gasteiger partial charge in [-0.05, 0) is 80.3 Å². The van der Waals surface area contributed by atoms with Gasteiger partial charge in [0.2, 0.25) is 0 Å². The van der Waals surface area contributed by atoms with Gasteiger partial charge in [0.1, 0.15) is 18.2 Å². The minimum absolute atomic E-state index is 0. The van der Waals surface area contributed by atoms with E-state index in [2.05, 4.69) is 51.9 Å². The van der Waals surface area contributed by atoms with Crippen molar-refractivity contribution >= 4 is 29.4 Å². The largest absolute Gasteiger partial charge is 0.492 e. The normalized spacial score (nSPS) is 18.2. The van der Waals surface area contributed by atoms with Gasteiger partial charge < -0.3 is 14.4 Å². The SMILES string of the molecule is Cl.O=C(O)c1ccc2c(c1)nc(-c1ccc(OC[C@@H]3CCCN3Cc3ccccc3)cc1)n2C1CCCCC1. The number of aromatic nitrogens is 2. The van der Waals surface area contributed by atoms with Crippen LogP contribution in [0.2, 0.25) is 0 Å². The molecule has 1 aliphatic carbocycles. The van der Waals surface area contributed by atoms with E-state index in [1.165, 1.54) is 31.2 Å². The summed E-state index contributed by atoms with van der Waals surface area (Å²) in [5.74, 6) is 0.853. The average Bonchev–Trinajstić information content (AvgIpc) is 3.57. The lowest BCUT2D eigenvalue weighted by Gasteiger charge is -2.26. The smallest absolute Gasteiger partial charge is 0.335 e. The molecule has 6 rings (SSSR count). The zero-order valence-electron chi connectivity index (χ0n) is 22.2. The van der Waals surface area contributed by atoms with Crippen LogP contribution in [0.1, 0.15) is 66.9 Å². The summed E-state index contributed by atoms with van der Waals surface area (Å²) in [7, 11) is 0. The van der Waals surface area contributed by atoms with Crippen molar-refractivity contribution in [3.63, 3.8) is 0 Å². The quantitative estimate of drug-likeness (QED) is 0.250. The molecule has 0 amide bonds. The second-order valence-electron chi connectivity index (χ2n) is 10.7. The molecule has 7 heteroatoms. The lowest BCUT2D eigenvalue weighted by molar-refractivity contribution is 0.0697. The lowest BCUT2D eigenvalue weighted by Crippen LogP contribution is -2.33. The van der Waals surface area contributed by atoms with Crippen molar-refractivity contribution in [3.05, 3.63) is 83.9 Å². The zero-order chi connectivity index (χ0) is 25.9. The van der Waals surface area contributed by atoms with E-state index < -0.39 is 5.97 Å². The molecule has 2 heterocycles. The van der Waals surface area contributed by atoms with Gasteiger partial charge >= 0.3 is 5.97 Å². The Morgan fingerprint density at radius 1 is 0.923 bits per heavy atom. The van der Waals surface area contributed by atoms with Crippen LogP contribution in [-0.2, 0) is 6.54 Å². The van der Waals surface area contributed by atoms with E-state index in [1.807, 2.05) is 18.2 Å². The number of rotatable bonds is 8. The molecule has 1 N–H and O–H groups in total. The number of halogens is 1. The molecule has 1 saturated heterocycles. The third-order valence-corrected chi connectivity index (χ3v) is 8.16. The number of carbonyl (C=O) groups is 1. The lowest BCUT2D eigenvalue weighted by atomic mass is 9.95. The molecule has 1 saturated carbocycles. The number of imidazole rings is 1. The molecule has 3 aromatic carbocycles. The van der Waals surface area contributed by atoms with Crippen LogP contribution in [0.15, 0.2) is 72.8 Å². The Balaban J connectivity index is 0.00000308. The van der Waals surface area contributed by atoms with E-state index in [9.17, 15) is 9.90 Å². The molecule has 204 valence electrons. The van der Waals surface area contributed by atoms with Crippen molar-refractivity contribution in [1.82, 2.24) is 14.5 Å². The molecule has 0 unspecified atom stereocenters. The van der Waals surface area contributed by atoms with Crippen molar-refractivity contribution in [2.75, 3.05) is 13.2 Å². The molecule has 6 nitrogen and oxygen atoms in total. The van der Waals surface area contributed by atoms with E-state index in [4.69, 9.17) is 9.72 Å². The van der Waals surface area contributed by atoms with Crippen LogP contribution in [-0.4, -0.2) is 44.7 Å². The number of hydrogen-bond acceptors (Lipinski definition) is 4. The standard InChI is InChI=1S/C32H35N3O3.ClH/c36-32(37)25-15-18-30-29(20-25)33-31(35(30)26-10-5-2-6-11-26)24-13-16-28(17-14-24)38-22-27-12-7-19-34(27)21-23-8-3-1-4-9-23;/h1,3-4,8-9,13-18,20,26-27H,2,5-7,10-12,19,21-22H2,(H,36,37);1H/t27-;/m0./s1. The van der Waals surface area contributed by atoms with Gasteiger partial charge in [-0.3, -0.25) is 4.90 Å². The first-order chi connectivity index (χ1) is 18.7. The van der Waals surface area contributed by atoms with Crippen molar-refractivity contribution in [2.45, 2.75) is 63.6 Å². The third kappa shape index (κ3) is 5.97. The zero-order valence-corrected chi connectivity index (χ0v) is 23.0. The number of likely N-dealkylation sites (tertiary alicyclic amines) is 1. The Morgan fingerprint density at radius 3 is 2.44 bits per heavy atom. The van der Waals surface area contributed by atoms with Gasteiger partial charge in [-0.25, -0.2) is 9.78 Å². The Morgan fingerprint density at radius 2 is 1.69 bits per heavy atom. The third-order valence-electron chi connectivity index (χ3n) is 8.16. The molecule has 2 fully saturated rings. The Bertz CT molecular complexity index is 1400. The first-order valence-corrected chi connectivity index (χ1v) is 13.9. The predicted molar refractivity (Wildman–Crippen MR) is 157 cm³/mol. The molecule has 1 aromatic heterocycles. The topological polar surface area (TPSA) is 67.6 Å². The number of benzene rings is 3. The van der Waals surface area contributed by atoms with Gasteiger partial charge in [0.25, 0.3) is 0 Å². The maximum absolute atomic E-state index is 11.6. The van der Waals surface area contributed by atoms with Crippen molar-refractivity contribution in [2.24, 2.45) is 0 Å². The van der Waals surface area contributed by atoms with Gasteiger partial charge in [-0.15, -0.1) is 12.4 Å². The van der Waals surface area contributed by atoms with Crippen molar-refractivity contribution < 1.29 is 14.6 Å². The number of ether oxygens (including phenoxy) is 1. The Labute approximate surface area is 236 Å². The van der Waals surface area contributed by atoms with E-state index in [-0.39, 0.29) is 18.0 Å². The highest BCUT2D eigenvalue weighted by Gasteiger charge is 2.26. The number of nitrogens with zero attached hydrogens (tertiary/aromatic N) is 3. The second-order valence-corrected chi connectivity index (χ2v) is 10.7. The molecular weight excluding hydrogens is 510 g/mol. The molecular formula is C32H36ClN3O3. The van der Waals surface area contributed by atoms with Crippen LogP contribution in [0.3, 0.4) is 0 Å². The Hall–Kier alpha value is -3.35. The van der Waals surface area contributed by atoms with E-state index in [0.717, 1.165) is 60.5 Å². The maximum Gasteiger partial charge on any atom is 0.335 e. The number of aromatic carboxylic acids is 1. The molecule has 39 heavy (non-hydrogen) atoms. The Kier molecular flexibility index (Phi) is 8.53. The number of fused-ring (bicyclic) bond motifs is 1. The predicted octanol–water partition coefficient (Wildman–Crippen LogP) is 7.37. The molecule has 0 spiro atoms. The summed E-state index contributed by atoms with van der Waals surface area (Å²) in [6.45, 7) is 2.77. The highest BCUT2D eigenvalue weighted by atomic mass is 35.5. The average molecular weight is 546 g/mol. The summed E-state index contributed by atoms with van der Waals surface area (Å²) in [5.41, 5.74) is 4.40. The molecule has 1 atom stereocenters. The molecule has 0 bridgehead atoms.